The van der Waals surface area contributed by atoms with Gasteiger partial charge in [0, 0.05) is 42.5 Å². The fraction of sp³-hybridized carbons (Fsp3) is 0.389. The molecule has 3 heterocycles. The molecule has 0 saturated heterocycles. The summed E-state index contributed by atoms with van der Waals surface area (Å²) in [5.41, 5.74) is 3.47. The van der Waals surface area contributed by atoms with Gasteiger partial charge in [-0.25, -0.2) is 9.97 Å². The molecule has 0 unspecified atom stereocenters. The van der Waals surface area contributed by atoms with E-state index in [4.69, 9.17) is 9.97 Å². The Morgan fingerprint density at radius 2 is 1.78 bits per heavy atom. The van der Waals surface area contributed by atoms with Gasteiger partial charge in [-0.15, -0.1) is 0 Å². The first kappa shape index (κ1) is 14.3. The quantitative estimate of drug-likeness (QED) is 0.852. The van der Waals surface area contributed by atoms with Crippen LogP contribution in [0.3, 0.4) is 0 Å². The Kier molecular flexibility index (Phi) is 4.03. The van der Waals surface area contributed by atoms with Gasteiger partial charge in [-0.1, -0.05) is 12.2 Å². The van der Waals surface area contributed by atoms with Crippen molar-refractivity contribution in [2.24, 2.45) is 0 Å². The maximum atomic E-state index is 4.86. The summed E-state index contributed by atoms with van der Waals surface area (Å²) in [5, 5.41) is 7.11. The molecule has 23 heavy (non-hydrogen) atoms. The Balaban J connectivity index is 1.74. The Morgan fingerprint density at radius 1 is 1.00 bits per heavy atom. The van der Waals surface area contributed by atoms with Gasteiger partial charge < -0.3 is 10.6 Å². The summed E-state index contributed by atoms with van der Waals surface area (Å²) in [6.45, 7) is 1.97. The summed E-state index contributed by atoms with van der Waals surface area (Å²) >= 11 is 0. The van der Waals surface area contributed by atoms with Crippen molar-refractivity contribution < 1.29 is 0 Å². The molecular formula is C18H21N5. The number of rotatable bonds is 3. The highest BCUT2D eigenvalue weighted by molar-refractivity contribution is 5.60. The molecule has 1 aliphatic heterocycles. The number of fused-ring (bicyclic) bond motifs is 1. The summed E-state index contributed by atoms with van der Waals surface area (Å²) in [6, 6.07) is 4.39. The molecule has 0 spiro atoms. The first-order valence-electron chi connectivity index (χ1n) is 8.32. The van der Waals surface area contributed by atoms with Crippen molar-refractivity contribution in [1.29, 1.82) is 0 Å². The highest BCUT2D eigenvalue weighted by atomic mass is 15.1. The van der Waals surface area contributed by atoms with Gasteiger partial charge in [0.15, 0.2) is 5.82 Å². The van der Waals surface area contributed by atoms with Gasteiger partial charge in [-0.3, -0.25) is 4.98 Å². The van der Waals surface area contributed by atoms with E-state index in [0.29, 0.717) is 6.04 Å². The normalized spacial score (nSPS) is 17.7. The summed E-state index contributed by atoms with van der Waals surface area (Å²) in [5.74, 6) is 1.81. The van der Waals surface area contributed by atoms with Crippen LogP contribution in [0, 0.1) is 0 Å². The Morgan fingerprint density at radius 3 is 2.61 bits per heavy atom. The standard InChI is InChI=1S/C18H21N5/c1-2-4-14(3-1)21-18-15-7-11-20-12-8-16(15)22-17(23-18)13-5-9-19-10-6-13/h1-2,5-6,9-10,14,20H,3-4,7-8,11-12H2,(H,21,22,23). The Labute approximate surface area is 136 Å². The second kappa shape index (κ2) is 6.46. The second-order valence-electron chi connectivity index (χ2n) is 6.09. The van der Waals surface area contributed by atoms with Crippen LogP contribution >= 0.6 is 0 Å². The van der Waals surface area contributed by atoms with Crippen molar-refractivity contribution in [2.75, 3.05) is 18.4 Å². The molecule has 0 amide bonds. The van der Waals surface area contributed by atoms with Crippen LogP contribution in [0.25, 0.3) is 11.4 Å². The van der Waals surface area contributed by atoms with E-state index in [2.05, 4.69) is 27.8 Å². The van der Waals surface area contributed by atoms with Crippen LogP contribution < -0.4 is 10.6 Å². The number of nitrogens with zero attached hydrogens (tertiary/aromatic N) is 3. The van der Waals surface area contributed by atoms with Crippen molar-refractivity contribution >= 4 is 5.82 Å². The van der Waals surface area contributed by atoms with Gasteiger partial charge in [0.2, 0.25) is 0 Å². The van der Waals surface area contributed by atoms with E-state index in [1.807, 2.05) is 12.1 Å². The molecule has 0 saturated carbocycles. The minimum Gasteiger partial charge on any atom is -0.366 e. The first-order valence-corrected chi connectivity index (χ1v) is 8.32. The molecule has 2 aromatic rings. The first-order chi connectivity index (χ1) is 11.4. The summed E-state index contributed by atoms with van der Waals surface area (Å²) in [4.78, 5) is 13.8. The van der Waals surface area contributed by atoms with Crippen LogP contribution in [0.5, 0.6) is 0 Å². The molecule has 2 N–H and O–H groups in total. The van der Waals surface area contributed by atoms with E-state index in [-0.39, 0.29) is 0 Å². The van der Waals surface area contributed by atoms with E-state index in [0.717, 1.165) is 56.0 Å². The van der Waals surface area contributed by atoms with Crippen LogP contribution in [0.2, 0.25) is 0 Å². The zero-order chi connectivity index (χ0) is 15.5. The lowest BCUT2D eigenvalue weighted by Gasteiger charge is -2.18. The average molecular weight is 307 g/mol. The maximum Gasteiger partial charge on any atom is 0.161 e. The van der Waals surface area contributed by atoms with Crippen molar-refractivity contribution in [2.45, 2.75) is 31.7 Å². The number of pyridine rings is 1. The van der Waals surface area contributed by atoms with E-state index in [1.54, 1.807) is 12.4 Å². The van der Waals surface area contributed by atoms with E-state index in [1.165, 1.54) is 11.3 Å². The molecule has 0 fully saturated rings. The molecule has 0 atom stereocenters. The molecule has 2 aromatic heterocycles. The van der Waals surface area contributed by atoms with Gasteiger partial charge in [0.05, 0.1) is 5.69 Å². The maximum absolute atomic E-state index is 4.86. The molecular weight excluding hydrogens is 286 g/mol. The number of nitrogens with one attached hydrogen (secondary N) is 2. The largest absolute Gasteiger partial charge is 0.366 e. The Bertz CT molecular complexity index is 703. The monoisotopic (exact) mass is 307 g/mol. The smallest absolute Gasteiger partial charge is 0.161 e. The summed E-state index contributed by atoms with van der Waals surface area (Å²) < 4.78 is 0. The van der Waals surface area contributed by atoms with E-state index < -0.39 is 0 Å². The van der Waals surface area contributed by atoms with Crippen molar-refractivity contribution in [3.63, 3.8) is 0 Å². The van der Waals surface area contributed by atoms with Crippen LogP contribution in [0.15, 0.2) is 36.7 Å². The fourth-order valence-electron chi connectivity index (χ4n) is 3.22. The van der Waals surface area contributed by atoms with Gasteiger partial charge in [-0.05, 0) is 37.9 Å². The zero-order valence-corrected chi connectivity index (χ0v) is 13.1. The number of hydrogen-bond donors (Lipinski definition) is 2. The molecule has 2 aliphatic rings. The minimum absolute atomic E-state index is 0.454. The highest BCUT2D eigenvalue weighted by Gasteiger charge is 2.20. The topological polar surface area (TPSA) is 62.7 Å². The lowest BCUT2D eigenvalue weighted by molar-refractivity contribution is 0.708. The summed E-state index contributed by atoms with van der Waals surface area (Å²) in [6.07, 6.45) is 12.1. The lowest BCUT2D eigenvalue weighted by Crippen LogP contribution is -2.19. The third kappa shape index (κ3) is 3.10. The second-order valence-corrected chi connectivity index (χ2v) is 6.09. The molecule has 5 nitrogen and oxygen atoms in total. The SMILES string of the molecule is C1=CCC(Nc2nc(-c3ccncc3)nc3c2CCNCC3)C1. The fourth-order valence-corrected chi connectivity index (χ4v) is 3.22. The third-order valence-corrected chi connectivity index (χ3v) is 4.47. The van der Waals surface area contributed by atoms with Crippen molar-refractivity contribution in [3.8, 4) is 11.4 Å². The predicted molar refractivity (Wildman–Crippen MR) is 91.3 cm³/mol. The van der Waals surface area contributed by atoms with Gasteiger partial charge in [0.1, 0.15) is 5.82 Å². The summed E-state index contributed by atoms with van der Waals surface area (Å²) in [7, 11) is 0. The van der Waals surface area contributed by atoms with Gasteiger partial charge in [0.25, 0.3) is 0 Å². The molecule has 0 aromatic carbocycles. The molecule has 4 rings (SSSR count). The molecule has 118 valence electrons. The molecule has 1 aliphatic carbocycles. The van der Waals surface area contributed by atoms with Gasteiger partial charge in [-0.2, -0.15) is 0 Å². The number of hydrogen-bond acceptors (Lipinski definition) is 5. The van der Waals surface area contributed by atoms with Crippen LogP contribution in [-0.2, 0) is 12.8 Å². The molecule has 0 bridgehead atoms. The average Bonchev–Trinajstić information content (AvgIpc) is 2.98. The van der Waals surface area contributed by atoms with Crippen molar-refractivity contribution in [1.82, 2.24) is 20.3 Å². The van der Waals surface area contributed by atoms with Gasteiger partial charge >= 0.3 is 0 Å². The van der Waals surface area contributed by atoms with Crippen LogP contribution in [-0.4, -0.2) is 34.1 Å². The highest BCUT2D eigenvalue weighted by Crippen LogP contribution is 2.26. The zero-order valence-electron chi connectivity index (χ0n) is 13.1. The van der Waals surface area contributed by atoms with Crippen molar-refractivity contribution in [3.05, 3.63) is 47.9 Å². The van der Waals surface area contributed by atoms with E-state index >= 15 is 0 Å². The number of aromatic nitrogens is 3. The number of anilines is 1. The minimum atomic E-state index is 0.454. The predicted octanol–water partition coefficient (Wildman–Crippen LogP) is 2.36. The lowest BCUT2D eigenvalue weighted by atomic mass is 10.1. The van der Waals surface area contributed by atoms with E-state index in [9.17, 15) is 0 Å². The van der Waals surface area contributed by atoms with Crippen LogP contribution in [0.1, 0.15) is 24.1 Å². The molecule has 5 heteroatoms. The Hall–Kier alpha value is -2.27. The third-order valence-electron chi connectivity index (χ3n) is 4.47. The molecule has 0 radical (unpaired) electrons. The van der Waals surface area contributed by atoms with Crippen LogP contribution in [0.4, 0.5) is 5.82 Å².